The van der Waals surface area contributed by atoms with Crippen LogP contribution in [0.3, 0.4) is 0 Å². The third kappa shape index (κ3) is 4.35. The molecule has 1 aromatic heterocycles. The van der Waals surface area contributed by atoms with Crippen LogP contribution in [-0.4, -0.2) is 28.8 Å². The molecule has 0 fully saturated rings. The lowest BCUT2D eigenvalue weighted by atomic mass is 10.3. The van der Waals surface area contributed by atoms with Gasteiger partial charge in [-0.15, -0.1) is 0 Å². The maximum absolute atomic E-state index is 10.2. The number of aliphatic imine (C=N–C) groups is 1. The average molecular weight is 192 g/mol. The van der Waals surface area contributed by atoms with Crippen molar-refractivity contribution in [3.05, 3.63) is 30.1 Å². The first-order chi connectivity index (χ1) is 6.79. The van der Waals surface area contributed by atoms with Crippen LogP contribution in [0, 0.1) is 0 Å². The van der Waals surface area contributed by atoms with Gasteiger partial charge in [-0.1, -0.05) is 6.07 Å². The molecule has 4 heteroatoms. The van der Waals surface area contributed by atoms with E-state index >= 15 is 0 Å². The fourth-order valence-electron chi connectivity index (χ4n) is 0.944. The quantitative estimate of drug-likeness (QED) is 0.566. The molecule has 0 aliphatic heterocycles. The molecule has 0 aromatic carbocycles. The zero-order valence-corrected chi connectivity index (χ0v) is 7.76. The largest absolute Gasteiger partial charge is 0.481 e. The summed E-state index contributed by atoms with van der Waals surface area (Å²) in [5.41, 5.74) is 0.933. The Bertz CT molecular complexity index is 309. The number of pyridine rings is 1. The fourth-order valence-corrected chi connectivity index (χ4v) is 0.944. The maximum atomic E-state index is 10.2. The highest BCUT2D eigenvalue weighted by atomic mass is 16.4. The summed E-state index contributed by atoms with van der Waals surface area (Å²) in [6.45, 7) is 0.543. The van der Waals surface area contributed by atoms with Crippen molar-refractivity contribution in [3.63, 3.8) is 0 Å². The van der Waals surface area contributed by atoms with Crippen LogP contribution in [0.4, 0.5) is 0 Å². The molecule has 0 saturated carbocycles. The Morgan fingerprint density at radius 3 is 3.14 bits per heavy atom. The Morgan fingerprint density at radius 2 is 2.50 bits per heavy atom. The van der Waals surface area contributed by atoms with E-state index in [4.69, 9.17) is 5.11 Å². The lowest BCUT2D eigenvalue weighted by Crippen LogP contribution is -1.95. The normalized spacial score (nSPS) is 10.6. The SMILES string of the molecule is O=C(O)CCCN=Cc1cccnc1. The number of aromatic nitrogens is 1. The highest BCUT2D eigenvalue weighted by Gasteiger charge is 1.93. The molecule has 1 rings (SSSR count). The minimum Gasteiger partial charge on any atom is -0.481 e. The maximum Gasteiger partial charge on any atom is 0.303 e. The lowest BCUT2D eigenvalue weighted by Gasteiger charge is -1.92. The first kappa shape index (κ1) is 10.4. The van der Waals surface area contributed by atoms with Gasteiger partial charge in [0, 0.05) is 37.1 Å². The van der Waals surface area contributed by atoms with Crippen molar-refractivity contribution in [1.29, 1.82) is 0 Å². The average Bonchev–Trinajstić information content (AvgIpc) is 2.18. The summed E-state index contributed by atoms with van der Waals surface area (Å²) in [6.07, 6.45) is 5.85. The van der Waals surface area contributed by atoms with Gasteiger partial charge in [-0.25, -0.2) is 0 Å². The van der Waals surface area contributed by atoms with Crippen LogP contribution in [0.15, 0.2) is 29.5 Å². The van der Waals surface area contributed by atoms with Gasteiger partial charge in [-0.3, -0.25) is 14.8 Å². The molecule has 0 aliphatic carbocycles. The van der Waals surface area contributed by atoms with Crippen LogP contribution < -0.4 is 0 Å². The zero-order valence-electron chi connectivity index (χ0n) is 7.76. The van der Waals surface area contributed by atoms with E-state index in [9.17, 15) is 4.79 Å². The summed E-state index contributed by atoms with van der Waals surface area (Å²) in [5, 5.41) is 8.37. The van der Waals surface area contributed by atoms with Gasteiger partial charge in [0.2, 0.25) is 0 Å². The van der Waals surface area contributed by atoms with E-state index in [1.807, 2.05) is 12.1 Å². The molecule has 1 aromatic rings. The van der Waals surface area contributed by atoms with E-state index < -0.39 is 5.97 Å². The first-order valence-corrected chi connectivity index (χ1v) is 4.40. The molecule has 0 radical (unpaired) electrons. The Labute approximate surface area is 82.3 Å². The van der Waals surface area contributed by atoms with Gasteiger partial charge in [0.25, 0.3) is 0 Å². The summed E-state index contributed by atoms with van der Waals surface area (Å²) in [4.78, 5) is 18.2. The van der Waals surface area contributed by atoms with E-state index in [1.165, 1.54) is 0 Å². The van der Waals surface area contributed by atoms with Crippen molar-refractivity contribution >= 4 is 12.2 Å². The van der Waals surface area contributed by atoms with Gasteiger partial charge in [0.15, 0.2) is 0 Å². The highest BCUT2D eigenvalue weighted by Crippen LogP contribution is 1.93. The van der Waals surface area contributed by atoms with Gasteiger partial charge >= 0.3 is 5.97 Å². The van der Waals surface area contributed by atoms with Crippen molar-refractivity contribution in [3.8, 4) is 0 Å². The van der Waals surface area contributed by atoms with E-state index in [2.05, 4.69) is 9.98 Å². The number of carbonyl (C=O) groups is 1. The van der Waals surface area contributed by atoms with Crippen LogP contribution in [0.5, 0.6) is 0 Å². The fraction of sp³-hybridized carbons (Fsp3) is 0.300. The van der Waals surface area contributed by atoms with Gasteiger partial charge in [0.05, 0.1) is 0 Å². The van der Waals surface area contributed by atoms with E-state index in [1.54, 1.807) is 18.6 Å². The number of nitrogens with zero attached hydrogens (tertiary/aromatic N) is 2. The monoisotopic (exact) mass is 192 g/mol. The number of carboxylic acid groups (broad SMARTS) is 1. The second kappa shape index (κ2) is 5.85. The van der Waals surface area contributed by atoms with Gasteiger partial charge < -0.3 is 5.11 Å². The second-order valence-electron chi connectivity index (χ2n) is 2.82. The predicted molar refractivity (Wildman–Crippen MR) is 53.6 cm³/mol. The number of rotatable bonds is 5. The summed E-state index contributed by atoms with van der Waals surface area (Å²) in [7, 11) is 0. The smallest absolute Gasteiger partial charge is 0.303 e. The standard InChI is InChI=1S/C10H12N2O2/c13-10(14)4-2-6-12-8-9-3-1-5-11-7-9/h1,3,5,7-8H,2,4,6H2,(H,13,14). The Morgan fingerprint density at radius 1 is 1.64 bits per heavy atom. The molecule has 0 aliphatic rings. The summed E-state index contributed by atoms with van der Waals surface area (Å²) >= 11 is 0. The van der Waals surface area contributed by atoms with Crippen LogP contribution in [0.25, 0.3) is 0 Å². The molecule has 74 valence electrons. The van der Waals surface area contributed by atoms with Crippen molar-refractivity contribution in [2.45, 2.75) is 12.8 Å². The van der Waals surface area contributed by atoms with Gasteiger partial charge in [-0.05, 0) is 12.5 Å². The second-order valence-corrected chi connectivity index (χ2v) is 2.82. The first-order valence-electron chi connectivity index (χ1n) is 4.40. The van der Waals surface area contributed by atoms with E-state index in [0.717, 1.165) is 5.56 Å². The van der Waals surface area contributed by atoms with Crippen LogP contribution in [0.2, 0.25) is 0 Å². The third-order valence-electron chi connectivity index (χ3n) is 1.60. The Hall–Kier alpha value is -1.71. The minimum absolute atomic E-state index is 0.171. The van der Waals surface area contributed by atoms with Crippen molar-refractivity contribution in [1.82, 2.24) is 4.98 Å². The van der Waals surface area contributed by atoms with Crippen molar-refractivity contribution in [2.24, 2.45) is 4.99 Å². The molecule has 0 bridgehead atoms. The van der Waals surface area contributed by atoms with Crippen LogP contribution >= 0.6 is 0 Å². The Balaban J connectivity index is 2.25. The van der Waals surface area contributed by atoms with Gasteiger partial charge in [0.1, 0.15) is 0 Å². The predicted octanol–water partition coefficient (Wildman–Crippen LogP) is 1.37. The number of hydrogen-bond donors (Lipinski definition) is 1. The molecule has 14 heavy (non-hydrogen) atoms. The van der Waals surface area contributed by atoms with Crippen molar-refractivity contribution < 1.29 is 9.90 Å². The highest BCUT2D eigenvalue weighted by molar-refractivity contribution is 5.78. The molecule has 0 unspecified atom stereocenters. The molecular formula is C10H12N2O2. The van der Waals surface area contributed by atoms with E-state index in [0.29, 0.717) is 13.0 Å². The molecule has 0 saturated heterocycles. The topological polar surface area (TPSA) is 62.5 Å². The molecule has 0 amide bonds. The van der Waals surface area contributed by atoms with Crippen molar-refractivity contribution in [2.75, 3.05) is 6.54 Å². The molecule has 0 atom stereocenters. The molecule has 4 nitrogen and oxygen atoms in total. The molecule has 0 spiro atoms. The number of aliphatic carboxylic acids is 1. The molecular weight excluding hydrogens is 180 g/mol. The number of carboxylic acids is 1. The summed E-state index contributed by atoms with van der Waals surface area (Å²) in [5.74, 6) is -0.776. The number of hydrogen-bond acceptors (Lipinski definition) is 3. The molecule has 1 N–H and O–H groups in total. The Kier molecular flexibility index (Phi) is 4.34. The third-order valence-corrected chi connectivity index (χ3v) is 1.60. The zero-order chi connectivity index (χ0) is 10.2. The minimum atomic E-state index is -0.776. The lowest BCUT2D eigenvalue weighted by molar-refractivity contribution is -0.137. The van der Waals surface area contributed by atoms with Crippen LogP contribution in [-0.2, 0) is 4.79 Å². The summed E-state index contributed by atoms with van der Waals surface area (Å²) in [6, 6.07) is 3.73. The van der Waals surface area contributed by atoms with Crippen LogP contribution in [0.1, 0.15) is 18.4 Å². The van der Waals surface area contributed by atoms with Gasteiger partial charge in [-0.2, -0.15) is 0 Å². The summed E-state index contributed by atoms with van der Waals surface area (Å²) < 4.78 is 0. The van der Waals surface area contributed by atoms with E-state index in [-0.39, 0.29) is 6.42 Å². The molecule has 1 heterocycles.